The first kappa shape index (κ1) is 7.17. The minimum atomic E-state index is 0.630. The van der Waals surface area contributed by atoms with Gasteiger partial charge in [-0.1, -0.05) is 12.0 Å². The van der Waals surface area contributed by atoms with Gasteiger partial charge < -0.3 is 5.73 Å². The minimum absolute atomic E-state index is 0.630. The van der Waals surface area contributed by atoms with Crippen LogP contribution in [0.4, 0.5) is 5.69 Å². The zero-order valence-corrected chi connectivity index (χ0v) is 6.85. The number of hydrogen-bond donors (Lipinski definition) is 1. The van der Waals surface area contributed by atoms with Crippen LogP contribution in [-0.2, 0) is 0 Å². The molecule has 0 saturated carbocycles. The molecule has 0 aliphatic heterocycles. The van der Waals surface area contributed by atoms with E-state index in [0.29, 0.717) is 5.69 Å². The van der Waals surface area contributed by atoms with E-state index in [0.717, 1.165) is 10.0 Å². The third kappa shape index (κ3) is 1.14. The average molecular weight is 196 g/mol. The van der Waals surface area contributed by atoms with Crippen molar-refractivity contribution in [3.8, 4) is 12.3 Å². The van der Waals surface area contributed by atoms with Crippen LogP contribution < -0.4 is 5.73 Å². The number of benzene rings is 1. The van der Waals surface area contributed by atoms with Crippen molar-refractivity contribution in [1.82, 2.24) is 0 Å². The molecule has 0 saturated heterocycles. The summed E-state index contributed by atoms with van der Waals surface area (Å²) < 4.78 is 0.850. The van der Waals surface area contributed by atoms with Crippen molar-refractivity contribution in [1.29, 1.82) is 0 Å². The third-order valence-electron chi connectivity index (χ3n) is 1.21. The molecule has 1 nitrogen and oxygen atoms in total. The van der Waals surface area contributed by atoms with Crippen molar-refractivity contribution in [2.75, 3.05) is 5.73 Å². The lowest BCUT2D eigenvalue weighted by Gasteiger charge is -1.98. The van der Waals surface area contributed by atoms with E-state index in [1.165, 1.54) is 0 Å². The molecule has 0 bridgehead atoms. The highest BCUT2D eigenvalue weighted by atomic mass is 79.9. The van der Waals surface area contributed by atoms with Crippen molar-refractivity contribution in [3.63, 3.8) is 0 Å². The van der Waals surface area contributed by atoms with Crippen LogP contribution in [0.5, 0.6) is 0 Å². The van der Waals surface area contributed by atoms with E-state index in [4.69, 9.17) is 12.2 Å². The summed E-state index contributed by atoms with van der Waals surface area (Å²) in [6.07, 6.45) is 5.17. The predicted molar refractivity (Wildman–Crippen MR) is 46.5 cm³/mol. The van der Waals surface area contributed by atoms with Gasteiger partial charge in [-0.25, -0.2) is 0 Å². The number of hydrogen-bond acceptors (Lipinski definition) is 1. The van der Waals surface area contributed by atoms with Crippen molar-refractivity contribution >= 4 is 21.6 Å². The summed E-state index contributed by atoms with van der Waals surface area (Å²) >= 11 is 3.27. The molecule has 0 unspecified atom stereocenters. The van der Waals surface area contributed by atoms with Gasteiger partial charge >= 0.3 is 0 Å². The molecule has 10 heavy (non-hydrogen) atoms. The molecule has 0 aromatic heterocycles. The Morgan fingerprint density at radius 2 is 2.20 bits per heavy atom. The van der Waals surface area contributed by atoms with Gasteiger partial charge in [-0.05, 0) is 28.1 Å². The van der Waals surface area contributed by atoms with Crippen LogP contribution in [0.1, 0.15) is 5.56 Å². The van der Waals surface area contributed by atoms with E-state index in [1.54, 1.807) is 6.07 Å². The maximum absolute atomic E-state index is 5.60. The maximum Gasteiger partial charge on any atom is 0.0617 e. The average Bonchev–Trinajstić information content (AvgIpc) is 1.95. The fourth-order valence-corrected chi connectivity index (χ4v) is 1.03. The highest BCUT2D eigenvalue weighted by Gasteiger charge is 1.97. The van der Waals surface area contributed by atoms with Crippen LogP contribution in [-0.4, -0.2) is 0 Å². The topological polar surface area (TPSA) is 26.0 Å². The summed E-state index contributed by atoms with van der Waals surface area (Å²) in [7, 11) is 0. The molecule has 2 N–H and O–H groups in total. The molecule has 2 heteroatoms. The molecule has 0 fully saturated rings. The molecule has 1 aromatic rings. The summed E-state index contributed by atoms with van der Waals surface area (Å²) in [5.74, 6) is 2.48. The summed E-state index contributed by atoms with van der Waals surface area (Å²) in [5, 5.41) is 0. The van der Waals surface area contributed by atoms with Crippen LogP contribution in [0, 0.1) is 12.3 Å². The lowest BCUT2D eigenvalue weighted by atomic mass is 10.2. The molecule has 0 aliphatic rings. The van der Waals surface area contributed by atoms with Gasteiger partial charge in [-0.15, -0.1) is 6.42 Å². The lowest BCUT2D eigenvalue weighted by Crippen LogP contribution is -1.90. The van der Waals surface area contributed by atoms with Gasteiger partial charge in [0.15, 0.2) is 0 Å². The van der Waals surface area contributed by atoms with Crippen LogP contribution in [0.2, 0.25) is 0 Å². The van der Waals surface area contributed by atoms with Crippen LogP contribution >= 0.6 is 15.9 Å². The molecule has 0 heterocycles. The smallest absolute Gasteiger partial charge is 0.0617 e. The number of para-hydroxylation sites is 1. The monoisotopic (exact) mass is 195 g/mol. The van der Waals surface area contributed by atoms with E-state index in [2.05, 4.69) is 21.9 Å². The highest BCUT2D eigenvalue weighted by molar-refractivity contribution is 9.10. The van der Waals surface area contributed by atoms with Gasteiger partial charge in [0.2, 0.25) is 0 Å². The Bertz CT molecular complexity index is 286. The first-order valence-electron chi connectivity index (χ1n) is 2.76. The Kier molecular flexibility index (Phi) is 1.98. The zero-order valence-electron chi connectivity index (χ0n) is 5.26. The normalized spacial score (nSPS) is 8.80. The zero-order chi connectivity index (χ0) is 7.56. The van der Waals surface area contributed by atoms with Crippen molar-refractivity contribution in [2.45, 2.75) is 0 Å². The minimum Gasteiger partial charge on any atom is -0.397 e. The van der Waals surface area contributed by atoms with Crippen LogP contribution in [0.3, 0.4) is 0 Å². The number of nitrogens with two attached hydrogens (primary N) is 1. The molecule has 50 valence electrons. The van der Waals surface area contributed by atoms with Crippen molar-refractivity contribution < 1.29 is 0 Å². The second kappa shape index (κ2) is 2.76. The van der Waals surface area contributed by atoms with Crippen molar-refractivity contribution in [3.05, 3.63) is 28.2 Å². The van der Waals surface area contributed by atoms with Crippen LogP contribution in [0.15, 0.2) is 22.7 Å². The van der Waals surface area contributed by atoms with E-state index in [-0.39, 0.29) is 0 Å². The number of halogens is 1. The Hall–Kier alpha value is -0.940. The summed E-state index contributed by atoms with van der Waals surface area (Å²) in [6, 6.07) is 5.52. The molecule has 1 rings (SSSR count). The van der Waals surface area contributed by atoms with Gasteiger partial charge in [0.05, 0.1) is 5.69 Å². The molecule has 0 aliphatic carbocycles. The second-order valence-corrected chi connectivity index (χ2v) is 2.70. The van der Waals surface area contributed by atoms with Gasteiger partial charge in [-0.3, -0.25) is 0 Å². The molecular weight excluding hydrogens is 190 g/mol. The van der Waals surface area contributed by atoms with E-state index in [9.17, 15) is 0 Å². The number of terminal acetylenes is 1. The number of nitrogen functional groups attached to an aromatic ring is 1. The Morgan fingerprint density at radius 1 is 1.50 bits per heavy atom. The first-order valence-corrected chi connectivity index (χ1v) is 3.55. The van der Waals surface area contributed by atoms with Crippen LogP contribution in [0.25, 0.3) is 0 Å². The summed E-state index contributed by atoms with van der Waals surface area (Å²) in [4.78, 5) is 0. The second-order valence-electron chi connectivity index (χ2n) is 1.85. The molecule has 0 atom stereocenters. The lowest BCUT2D eigenvalue weighted by molar-refractivity contribution is 1.59. The van der Waals surface area contributed by atoms with E-state index < -0.39 is 0 Å². The van der Waals surface area contributed by atoms with Gasteiger partial charge in [0.1, 0.15) is 0 Å². The molecular formula is C8H6BrN. The molecule has 0 radical (unpaired) electrons. The molecule has 0 amide bonds. The number of anilines is 1. The fraction of sp³-hybridized carbons (Fsp3) is 0. The van der Waals surface area contributed by atoms with E-state index in [1.807, 2.05) is 12.1 Å². The summed E-state index contributed by atoms with van der Waals surface area (Å²) in [5.41, 5.74) is 6.96. The summed E-state index contributed by atoms with van der Waals surface area (Å²) in [6.45, 7) is 0. The predicted octanol–water partition coefficient (Wildman–Crippen LogP) is 2.01. The molecule has 1 aromatic carbocycles. The fourth-order valence-electron chi connectivity index (χ4n) is 0.663. The standard InChI is InChI=1S/C8H6BrN/c1-2-6-4-3-5-7(9)8(6)10/h1,3-5H,10H2. The maximum atomic E-state index is 5.60. The van der Waals surface area contributed by atoms with Crippen molar-refractivity contribution in [2.24, 2.45) is 0 Å². The van der Waals surface area contributed by atoms with Gasteiger partial charge in [-0.2, -0.15) is 0 Å². The Balaban J connectivity index is 3.31. The first-order chi connectivity index (χ1) is 4.75. The molecule has 0 spiro atoms. The van der Waals surface area contributed by atoms with Gasteiger partial charge in [0.25, 0.3) is 0 Å². The van der Waals surface area contributed by atoms with Gasteiger partial charge in [0, 0.05) is 10.0 Å². The highest BCUT2D eigenvalue weighted by Crippen LogP contribution is 2.21. The Labute approximate surface area is 68.4 Å². The third-order valence-corrected chi connectivity index (χ3v) is 1.90. The Morgan fingerprint density at radius 3 is 2.70 bits per heavy atom. The van der Waals surface area contributed by atoms with E-state index >= 15 is 0 Å². The SMILES string of the molecule is C#Cc1cccc(Br)c1N. The quantitative estimate of drug-likeness (QED) is 0.498. The number of rotatable bonds is 0. The largest absolute Gasteiger partial charge is 0.397 e.